The maximum atomic E-state index is 5.92. The lowest BCUT2D eigenvalue weighted by Gasteiger charge is -2.12. The molecule has 0 N–H and O–H groups in total. The topological polar surface area (TPSA) is 27.7 Å². The summed E-state index contributed by atoms with van der Waals surface area (Å²) in [6, 6.07) is 5.21. The molecule has 1 saturated heterocycles. The molecule has 0 spiro atoms. The molecule has 1 aliphatic rings. The highest BCUT2D eigenvalue weighted by molar-refractivity contribution is 6.37. The van der Waals surface area contributed by atoms with Gasteiger partial charge in [-0.3, -0.25) is 0 Å². The fraction of sp³-hybridized carbons (Fsp3) is 0.400. The average Bonchev–Trinajstić information content (AvgIpc) is 2.70. The van der Waals surface area contributed by atoms with Gasteiger partial charge in [0.2, 0.25) is 0 Å². The van der Waals surface area contributed by atoms with E-state index in [0.717, 1.165) is 0 Å². The Morgan fingerprint density at radius 2 is 1.80 bits per heavy atom. The Morgan fingerprint density at radius 3 is 2.40 bits per heavy atom. The van der Waals surface area contributed by atoms with Crippen molar-refractivity contribution in [2.75, 3.05) is 19.8 Å². The molecule has 0 unspecified atom stereocenters. The number of rotatable bonds is 3. The van der Waals surface area contributed by atoms with Crippen molar-refractivity contribution in [1.82, 2.24) is 0 Å². The third-order valence-electron chi connectivity index (χ3n) is 1.97. The molecule has 1 aliphatic heterocycles. The van der Waals surface area contributed by atoms with Crippen LogP contribution >= 0.6 is 23.2 Å². The summed E-state index contributed by atoms with van der Waals surface area (Å²) in [5, 5.41) is 0.973. The second-order valence-corrected chi connectivity index (χ2v) is 3.85. The lowest BCUT2D eigenvalue weighted by atomic mass is 10.3. The van der Waals surface area contributed by atoms with Gasteiger partial charge in [0.05, 0.1) is 23.3 Å². The van der Waals surface area contributed by atoms with Crippen molar-refractivity contribution in [2.24, 2.45) is 0 Å². The first-order chi connectivity index (χ1) is 7.27. The molecule has 0 atom stereocenters. The van der Waals surface area contributed by atoms with Gasteiger partial charge in [-0.05, 0) is 12.1 Å². The van der Waals surface area contributed by atoms with Crippen LogP contribution in [0.5, 0.6) is 5.75 Å². The third-order valence-corrected chi connectivity index (χ3v) is 2.57. The molecule has 1 aromatic rings. The van der Waals surface area contributed by atoms with Gasteiger partial charge in [-0.15, -0.1) is 0 Å². The van der Waals surface area contributed by atoms with E-state index in [1.807, 2.05) is 0 Å². The predicted octanol–water partition coefficient (Wildman–Crippen LogP) is 2.75. The number of hydrogen-bond acceptors (Lipinski definition) is 3. The zero-order chi connectivity index (χ0) is 10.7. The van der Waals surface area contributed by atoms with Gasteiger partial charge in [0.25, 0.3) is 0 Å². The smallest absolute Gasteiger partial charge is 0.191 e. The number of hydrogen-bond donors (Lipinski definition) is 0. The number of ether oxygens (including phenoxy) is 3. The Morgan fingerprint density at radius 1 is 1.20 bits per heavy atom. The summed E-state index contributed by atoms with van der Waals surface area (Å²) in [7, 11) is 0. The van der Waals surface area contributed by atoms with E-state index in [9.17, 15) is 0 Å². The minimum absolute atomic E-state index is 0.295. The van der Waals surface area contributed by atoms with Crippen molar-refractivity contribution >= 4 is 23.2 Å². The van der Waals surface area contributed by atoms with E-state index >= 15 is 0 Å². The minimum Gasteiger partial charge on any atom is -0.485 e. The lowest BCUT2D eigenvalue weighted by Crippen LogP contribution is -2.18. The number of benzene rings is 1. The van der Waals surface area contributed by atoms with Crippen LogP contribution in [-0.2, 0) is 9.47 Å². The normalized spacial score (nSPS) is 16.9. The summed E-state index contributed by atoms with van der Waals surface area (Å²) in [6.45, 7) is 1.50. The average molecular weight is 249 g/mol. The SMILES string of the molecule is Clc1cccc(Cl)c1OCC1OCCO1. The molecular formula is C10H10Cl2O3. The Kier molecular flexibility index (Phi) is 3.70. The van der Waals surface area contributed by atoms with E-state index in [1.54, 1.807) is 18.2 Å². The third kappa shape index (κ3) is 2.75. The maximum absolute atomic E-state index is 5.92. The van der Waals surface area contributed by atoms with Gasteiger partial charge in [-0.1, -0.05) is 29.3 Å². The van der Waals surface area contributed by atoms with Crippen LogP contribution < -0.4 is 4.74 Å². The van der Waals surface area contributed by atoms with Gasteiger partial charge in [-0.25, -0.2) is 0 Å². The van der Waals surface area contributed by atoms with E-state index in [-0.39, 0.29) is 6.29 Å². The van der Waals surface area contributed by atoms with E-state index in [4.69, 9.17) is 37.4 Å². The van der Waals surface area contributed by atoms with Gasteiger partial charge in [-0.2, -0.15) is 0 Å². The molecule has 1 fully saturated rings. The lowest BCUT2D eigenvalue weighted by molar-refractivity contribution is -0.0683. The highest BCUT2D eigenvalue weighted by atomic mass is 35.5. The molecule has 0 aromatic heterocycles. The molecule has 0 saturated carbocycles. The first-order valence-electron chi connectivity index (χ1n) is 4.57. The summed E-state index contributed by atoms with van der Waals surface area (Å²) in [4.78, 5) is 0. The van der Waals surface area contributed by atoms with Crippen LogP contribution in [0.3, 0.4) is 0 Å². The van der Waals surface area contributed by atoms with E-state index in [2.05, 4.69) is 0 Å². The van der Waals surface area contributed by atoms with Crippen molar-refractivity contribution in [3.63, 3.8) is 0 Å². The Balaban J connectivity index is 1.97. The Bertz CT molecular complexity index is 317. The molecule has 5 heteroatoms. The highest BCUT2D eigenvalue weighted by Crippen LogP contribution is 2.32. The first-order valence-corrected chi connectivity index (χ1v) is 5.33. The van der Waals surface area contributed by atoms with Crippen LogP contribution in [0.2, 0.25) is 10.0 Å². The van der Waals surface area contributed by atoms with Crippen LogP contribution in [0.15, 0.2) is 18.2 Å². The second-order valence-electron chi connectivity index (χ2n) is 3.03. The number of halogens is 2. The summed E-state index contributed by atoms with van der Waals surface area (Å²) in [6.07, 6.45) is -0.322. The van der Waals surface area contributed by atoms with Crippen LogP contribution in [0.25, 0.3) is 0 Å². The van der Waals surface area contributed by atoms with Gasteiger partial charge in [0.15, 0.2) is 12.0 Å². The number of para-hydroxylation sites is 1. The zero-order valence-corrected chi connectivity index (χ0v) is 9.42. The van der Waals surface area contributed by atoms with Gasteiger partial charge < -0.3 is 14.2 Å². The molecular weight excluding hydrogens is 239 g/mol. The monoisotopic (exact) mass is 248 g/mol. The summed E-state index contributed by atoms with van der Waals surface area (Å²) >= 11 is 11.8. The molecule has 0 amide bonds. The van der Waals surface area contributed by atoms with Crippen molar-refractivity contribution in [1.29, 1.82) is 0 Å². The van der Waals surface area contributed by atoms with Crippen molar-refractivity contribution in [2.45, 2.75) is 6.29 Å². The van der Waals surface area contributed by atoms with Crippen molar-refractivity contribution in [3.8, 4) is 5.75 Å². The van der Waals surface area contributed by atoms with Crippen molar-refractivity contribution in [3.05, 3.63) is 28.2 Å². The fourth-order valence-electron chi connectivity index (χ4n) is 1.28. The molecule has 2 rings (SSSR count). The van der Waals surface area contributed by atoms with Gasteiger partial charge in [0, 0.05) is 0 Å². The highest BCUT2D eigenvalue weighted by Gasteiger charge is 2.17. The molecule has 0 bridgehead atoms. The molecule has 0 radical (unpaired) electrons. The standard InChI is InChI=1S/C10H10Cl2O3/c11-7-2-1-3-8(12)10(7)15-6-9-13-4-5-14-9/h1-3,9H,4-6H2. The summed E-state index contributed by atoms with van der Waals surface area (Å²) in [5.41, 5.74) is 0. The van der Waals surface area contributed by atoms with Crippen LogP contribution in [0.1, 0.15) is 0 Å². The van der Waals surface area contributed by atoms with Crippen molar-refractivity contribution < 1.29 is 14.2 Å². The molecule has 82 valence electrons. The molecule has 0 aliphatic carbocycles. The minimum atomic E-state index is -0.322. The second kappa shape index (κ2) is 5.03. The van der Waals surface area contributed by atoms with E-state index in [1.165, 1.54) is 0 Å². The predicted molar refractivity (Wildman–Crippen MR) is 57.6 cm³/mol. The van der Waals surface area contributed by atoms with E-state index in [0.29, 0.717) is 35.6 Å². The first kappa shape index (κ1) is 11.0. The zero-order valence-electron chi connectivity index (χ0n) is 7.91. The quantitative estimate of drug-likeness (QED) is 0.824. The Labute approximate surface area is 97.8 Å². The molecule has 15 heavy (non-hydrogen) atoms. The summed E-state index contributed by atoms with van der Waals surface area (Å²) in [5.74, 6) is 0.472. The Hall–Kier alpha value is -0.480. The molecule has 3 nitrogen and oxygen atoms in total. The van der Waals surface area contributed by atoms with Gasteiger partial charge in [0.1, 0.15) is 6.61 Å². The fourth-order valence-corrected chi connectivity index (χ4v) is 1.78. The largest absolute Gasteiger partial charge is 0.485 e. The molecule has 1 heterocycles. The maximum Gasteiger partial charge on any atom is 0.191 e. The molecule has 1 aromatic carbocycles. The van der Waals surface area contributed by atoms with E-state index < -0.39 is 0 Å². The summed E-state index contributed by atoms with van der Waals surface area (Å²) < 4.78 is 15.9. The van der Waals surface area contributed by atoms with Crippen LogP contribution in [0, 0.1) is 0 Å². The van der Waals surface area contributed by atoms with Gasteiger partial charge >= 0.3 is 0 Å². The van der Waals surface area contributed by atoms with Crippen LogP contribution in [-0.4, -0.2) is 26.1 Å². The van der Waals surface area contributed by atoms with Crippen LogP contribution in [0.4, 0.5) is 0 Å².